The second-order valence-corrected chi connectivity index (χ2v) is 7.13. The molecule has 17 heavy (non-hydrogen) atoms. The van der Waals surface area contributed by atoms with Crippen molar-refractivity contribution in [1.82, 2.24) is 4.72 Å². The van der Waals surface area contributed by atoms with Crippen LogP contribution in [0.2, 0.25) is 5.02 Å². The molecule has 0 radical (unpaired) electrons. The molecule has 0 fully saturated rings. The molecule has 0 spiro atoms. The highest BCUT2D eigenvalue weighted by Gasteiger charge is 2.28. The number of benzene rings is 1. The van der Waals surface area contributed by atoms with E-state index in [0.717, 1.165) is 0 Å². The summed E-state index contributed by atoms with van der Waals surface area (Å²) in [6.07, 6.45) is 0. The molecule has 0 saturated carbocycles. The third-order valence-electron chi connectivity index (χ3n) is 2.11. The van der Waals surface area contributed by atoms with Gasteiger partial charge in [0, 0.05) is 16.6 Å². The van der Waals surface area contributed by atoms with Crippen molar-refractivity contribution in [3.8, 4) is 0 Å². The Morgan fingerprint density at radius 1 is 1.47 bits per heavy atom. The summed E-state index contributed by atoms with van der Waals surface area (Å²) in [6.45, 7) is 3.60. The molecule has 1 aromatic rings. The van der Waals surface area contributed by atoms with Crippen LogP contribution in [0.5, 0.6) is 0 Å². The zero-order valence-electron chi connectivity index (χ0n) is 9.50. The van der Waals surface area contributed by atoms with E-state index in [-0.39, 0.29) is 16.5 Å². The minimum Gasteiger partial charge on any atom is -0.329 e. The first-order valence-electron chi connectivity index (χ1n) is 4.88. The quantitative estimate of drug-likeness (QED) is 0.881. The van der Waals surface area contributed by atoms with Crippen LogP contribution in [0.25, 0.3) is 0 Å². The van der Waals surface area contributed by atoms with Crippen LogP contribution < -0.4 is 10.5 Å². The lowest BCUT2D eigenvalue weighted by Gasteiger charge is -2.24. The molecule has 0 unspecified atom stereocenters. The van der Waals surface area contributed by atoms with Crippen LogP contribution in [0.1, 0.15) is 13.8 Å². The highest BCUT2D eigenvalue weighted by Crippen LogP contribution is 2.29. The van der Waals surface area contributed by atoms with Crippen molar-refractivity contribution in [3.63, 3.8) is 0 Å². The van der Waals surface area contributed by atoms with Crippen LogP contribution in [0, 0.1) is 0 Å². The van der Waals surface area contributed by atoms with Crippen LogP contribution in [-0.4, -0.2) is 20.5 Å². The topological polar surface area (TPSA) is 72.2 Å². The van der Waals surface area contributed by atoms with E-state index in [2.05, 4.69) is 20.7 Å². The van der Waals surface area contributed by atoms with Gasteiger partial charge in [0.05, 0.1) is 5.02 Å². The Labute approximate surface area is 115 Å². The summed E-state index contributed by atoms with van der Waals surface area (Å²) in [5.74, 6) is 0. The molecule has 96 valence electrons. The van der Waals surface area contributed by atoms with Gasteiger partial charge in [0.15, 0.2) is 0 Å². The monoisotopic (exact) mass is 340 g/mol. The van der Waals surface area contributed by atoms with Gasteiger partial charge in [-0.1, -0.05) is 17.7 Å². The minimum atomic E-state index is -3.70. The fourth-order valence-electron chi connectivity index (χ4n) is 1.20. The van der Waals surface area contributed by atoms with E-state index in [9.17, 15) is 8.42 Å². The number of sulfonamides is 1. The van der Waals surface area contributed by atoms with Gasteiger partial charge in [-0.2, -0.15) is 0 Å². The molecule has 0 aliphatic heterocycles. The molecule has 0 bridgehead atoms. The van der Waals surface area contributed by atoms with Crippen molar-refractivity contribution in [2.24, 2.45) is 5.73 Å². The van der Waals surface area contributed by atoms with E-state index in [1.807, 2.05) is 0 Å². The fourth-order valence-corrected chi connectivity index (χ4v) is 4.36. The maximum atomic E-state index is 12.2. The highest BCUT2D eigenvalue weighted by molar-refractivity contribution is 9.10. The number of hydrogen-bond acceptors (Lipinski definition) is 3. The lowest BCUT2D eigenvalue weighted by molar-refractivity contribution is 0.462. The van der Waals surface area contributed by atoms with Gasteiger partial charge in [-0.25, -0.2) is 13.1 Å². The first-order valence-corrected chi connectivity index (χ1v) is 7.53. The summed E-state index contributed by atoms with van der Waals surface area (Å²) in [6, 6.07) is 4.81. The summed E-state index contributed by atoms with van der Waals surface area (Å²) >= 11 is 9.08. The Bertz CT molecular complexity index is 497. The van der Waals surface area contributed by atoms with Crippen LogP contribution in [0.4, 0.5) is 0 Å². The minimum absolute atomic E-state index is 0.0307. The van der Waals surface area contributed by atoms with E-state index >= 15 is 0 Å². The van der Waals surface area contributed by atoms with Crippen molar-refractivity contribution in [2.75, 3.05) is 6.54 Å². The number of rotatable bonds is 4. The third-order valence-corrected chi connectivity index (χ3v) is 5.26. The van der Waals surface area contributed by atoms with Crippen LogP contribution in [-0.2, 0) is 10.0 Å². The summed E-state index contributed by atoms with van der Waals surface area (Å²) in [4.78, 5) is 0.0307. The van der Waals surface area contributed by atoms with Gasteiger partial charge < -0.3 is 5.73 Å². The van der Waals surface area contributed by atoms with E-state index in [4.69, 9.17) is 17.3 Å². The zero-order chi connectivity index (χ0) is 13.3. The maximum absolute atomic E-state index is 12.2. The molecule has 1 aromatic carbocycles. The lowest BCUT2D eigenvalue weighted by atomic mass is 10.1. The molecule has 4 nitrogen and oxygen atoms in total. The Morgan fingerprint density at radius 3 is 2.53 bits per heavy atom. The second kappa shape index (κ2) is 5.24. The molecule has 0 atom stereocenters. The summed E-state index contributed by atoms with van der Waals surface area (Å²) in [7, 11) is -3.70. The van der Waals surface area contributed by atoms with Crippen LogP contribution >= 0.6 is 27.5 Å². The Hall–Kier alpha value is -0.140. The van der Waals surface area contributed by atoms with Gasteiger partial charge in [0.25, 0.3) is 0 Å². The van der Waals surface area contributed by atoms with Crippen molar-refractivity contribution in [1.29, 1.82) is 0 Å². The number of halogens is 2. The van der Waals surface area contributed by atoms with Crippen LogP contribution in [0.3, 0.4) is 0 Å². The molecule has 0 aliphatic carbocycles. The number of nitrogens with one attached hydrogen (secondary N) is 1. The average Bonchev–Trinajstić information content (AvgIpc) is 2.15. The maximum Gasteiger partial charge on any atom is 0.243 e. The first kappa shape index (κ1) is 14.9. The van der Waals surface area contributed by atoms with Gasteiger partial charge in [-0.15, -0.1) is 0 Å². The van der Waals surface area contributed by atoms with Crippen molar-refractivity contribution >= 4 is 37.6 Å². The zero-order valence-corrected chi connectivity index (χ0v) is 12.7. The lowest BCUT2D eigenvalue weighted by Crippen LogP contribution is -2.48. The van der Waals surface area contributed by atoms with E-state index in [0.29, 0.717) is 4.47 Å². The van der Waals surface area contributed by atoms with Gasteiger partial charge in [0.2, 0.25) is 10.0 Å². The Morgan fingerprint density at radius 2 is 2.06 bits per heavy atom. The second-order valence-electron chi connectivity index (χ2n) is 4.24. The molecule has 0 aliphatic rings. The predicted octanol–water partition coefficient (Wildman–Crippen LogP) is 2.12. The summed E-state index contributed by atoms with van der Waals surface area (Å²) in [5.41, 5.74) is 4.77. The van der Waals surface area contributed by atoms with Gasteiger partial charge in [-0.3, -0.25) is 0 Å². The molecule has 0 heterocycles. The van der Waals surface area contributed by atoms with E-state index in [1.54, 1.807) is 26.0 Å². The van der Waals surface area contributed by atoms with Crippen molar-refractivity contribution < 1.29 is 8.42 Å². The number of hydrogen-bond donors (Lipinski definition) is 2. The van der Waals surface area contributed by atoms with Gasteiger partial charge >= 0.3 is 0 Å². The average molecular weight is 342 g/mol. The van der Waals surface area contributed by atoms with E-state index in [1.165, 1.54) is 6.07 Å². The normalized spacial score (nSPS) is 12.8. The van der Waals surface area contributed by atoms with E-state index < -0.39 is 15.6 Å². The fraction of sp³-hybridized carbons (Fsp3) is 0.400. The summed E-state index contributed by atoms with van der Waals surface area (Å²) in [5, 5.41) is 0.166. The standard InChI is InChI=1S/C10H14BrClN2O2S/c1-10(2,6-13)14-17(15,16)9-7(11)4-3-5-8(9)12/h3-5,14H,6,13H2,1-2H3. The predicted molar refractivity (Wildman–Crippen MR) is 72.6 cm³/mol. The molecule has 0 saturated heterocycles. The third kappa shape index (κ3) is 3.66. The van der Waals surface area contributed by atoms with Gasteiger partial charge in [0.1, 0.15) is 4.90 Å². The molecular formula is C10H14BrClN2O2S. The molecule has 1 rings (SSSR count). The SMILES string of the molecule is CC(C)(CN)NS(=O)(=O)c1c(Cl)cccc1Br. The highest BCUT2D eigenvalue weighted by atomic mass is 79.9. The molecule has 7 heteroatoms. The molecule has 0 aromatic heterocycles. The molecular weight excluding hydrogens is 328 g/mol. The number of nitrogens with two attached hydrogens (primary N) is 1. The van der Waals surface area contributed by atoms with Gasteiger partial charge in [-0.05, 0) is 41.9 Å². The van der Waals surface area contributed by atoms with Crippen molar-refractivity contribution in [2.45, 2.75) is 24.3 Å². The smallest absolute Gasteiger partial charge is 0.243 e. The largest absolute Gasteiger partial charge is 0.329 e. The molecule has 3 N–H and O–H groups in total. The van der Waals surface area contributed by atoms with Crippen LogP contribution in [0.15, 0.2) is 27.6 Å². The molecule has 0 amide bonds. The summed E-state index contributed by atoms with van der Waals surface area (Å²) < 4.78 is 27.3. The Kier molecular flexibility index (Phi) is 4.60. The Balaban J connectivity index is 3.24. The first-order chi connectivity index (χ1) is 7.69. The van der Waals surface area contributed by atoms with Crippen molar-refractivity contribution in [3.05, 3.63) is 27.7 Å².